The maximum absolute atomic E-state index is 13.3. The summed E-state index contributed by atoms with van der Waals surface area (Å²) in [4.78, 5) is 18.8. The van der Waals surface area contributed by atoms with Crippen LogP contribution < -0.4 is 18.9 Å². The van der Waals surface area contributed by atoms with E-state index in [0.29, 0.717) is 41.8 Å². The van der Waals surface area contributed by atoms with Crippen LogP contribution in [0.4, 0.5) is 5.95 Å². The SMILES string of the molecule is COc1cccc(-c2nnc(NS(=O)(=O)[C@@H](C)C(=O)N3CCCC3)n2-c2c(OC)cccc2OC)n1. The monoisotopic (exact) mass is 516 g/mol. The second-order valence-corrected chi connectivity index (χ2v) is 10.1. The number of ether oxygens (including phenoxy) is 3. The number of pyridine rings is 1. The normalized spacial score (nSPS) is 14.4. The average Bonchev–Trinajstić information content (AvgIpc) is 3.57. The second-order valence-electron chi connectivity index (χ2n) is 8.08. The number of amides is 1. The van der Waals surface area contributed by atoms with E-state index in [1.807, 2.05) is 0 Å². The number of likely N-dealkylation sites (tertiary alicyclic amines) is 1. The molecule has 1 fully saturated rings. The first-order chi connectivity index (χ1) is 17.3. The van der Waals surface area contributed by atoms with Gasteiger partial charge < -0.3 is 19.1 Å². The molecule has 1 saturated heterocycles. The number of hydrogen-bond donors (Lipinski definition) is 1. The van der Waals surface area contributed by atoms with Gasteiger partial charge in [-0.3, -0.25) is 14.1 Å². The molecule has 1 atom stereocenters. The molecule has 1 amide bonds. The fourth-order valence-electron chi connectivity index (χ4n) is 3.98. The van der Waals surface area contributed by atoms with E-state index in [0.717, 1.165) is 12.8 Å². The van der Waals surface area contributed by atoms with E-state index in [1.165, 1.54) is 32.8 Å². The molecular formula is C23H28N6O6S. The number of methoxy groups -OCH3 is 3. The Morgan fingerprint density at radius 2 is 1.61 bits per heavy atom. The zero-order valence-electron chi connectivity index (χ0n) is 20.5. The third-order valence-electron chi connectivity index (χ3n) is 5.91. The van der Waals surface area contributed by atoms with Crippen LogP contribution in [0.2, 0.25) is 0 Å². The lowest BCUT2D eigenvalue weighted by molar-refractivity contribution is -0.129. The van der Waals surface area contributed by atoms with Crippen molar-refractivity contribution in [1.82, 2.24) is 24.6 Å². The van der Waals surface area contributed by atoms with Gasteiger partial charge in [-0.05, 0) is 38.0 Å². The molecular weight excluding hydrogens is 488 g/mol. The van der Waals surface area contributed by atoms with Crippen LogP contribution in [0.1, 0.15) is 19.8 Å². The molecule has 192 valence electrons. The largest absolute Gasteiger partial charge is 0.494 e. The van der Waals surface area contributed by atoms with Gasteiger partial charge in [0.1, 0.15) is 22.9 Å². The number of para-hydroxylation sites is 1. The molecule has 0 aliphatic carbocycles. The van der Waals surface area contributed by atoms with Crippen molar-refractivity contribution in [2.75, 3.05) is 39.1 Å². The zero-order valence-corrected chi connectivity index (χ0v) is 21.3. The molecule has 1 N–H and O–H groups in total. The lowest BCUT2D eigenvalue weighted by Gasteiger charge is -2.21. The van der Waals surface area contributed by atoms with Crippen LogP contribution >= 0.6 is 0 Å². The zero-order chi connectivity index (χ0) is 25.9. The summed E-state index contributed by atoms with van der Waals surface area (Å²) in [6.07, 6.45) is 1.70. The Balaban J connectivity index is 1.85. The molecule has 1 aliphatic heterocycles. The third kappa shape index (κ3) is 4.78. The molecule has 3 heterocycles. The highest BCUT2D eigenvalue weighted by atomic mass is 32.2. The summed E-state index contributed by atoms with van der Waals surface area (Å²) < 4.78 is 46.8. The summed E-state index contributed by atoms with van der Waals surface area (Å²) >= 11 is 0. The Kier molecular flexibility index (Phi) is 7.29. The van der Waals surface area contributed by atoms with E-state index >= 15 is 0 Å². The van der Waals surface area contributed by atoms with Crippen molar-refractivity contribution in [2.45, 2.75) is 25.0 Å². The molecule has 36 heavy (non-hydrogen) atoms. The van der Waals surface area contributed by atoms with Crippen LogP contribution in [0.25, 0.3) is 17.2 Å². The van der Waals surface area contributed by atoms with Crippen molar-refractivity contribution in [2.24, 2.45) is 0 Å². The fraction of sp³-hybridized carbons (Fsp3) is 0.391. The van der Waals surface area contributed by atoms with Crippen LogP contribution in [-0.4, -0.2) is 78.6 Å². The van der Waals surface area contributed by atoms with Crippen molar-refractivity contribution in [1.29, 1.82) is 0 Å². The van der Waals surface area contributed by atoms with Gasteiger partial charge in [-0.25, -0.2) is 13.4 Å². The highest BCUT2D eigenvalue weighted by Crippen LogP contribution is 2.37. The Bertz CT molecular complexity index is 1330. The van der Waals surface area contributed by atoms with Gasteiger partial charge in [-0.1, -0.05) is 12.1 Å². The number of aromatic nitrogens is 4. The molecule has 0 radical (unpaired) electrons. The highest BCUT2D eigenvalue weighted by Gasteiger charge is 2.35. The summed E-state index contributed by atoms with van der Waals surface area (Å²) in [5.74, 6) is 0.669. The number of hydrogen-bond acceptors (Lipinski definition) is 9. The van der Waals surface area contributed by atoms with Crippen molar-refractivity contribution >= 4 is 21.9 Å². The minimum absolute atomic E-state index is 0.154. The van der Waals surface area contributed by atoms with Gasteiger partial charge in [0, 0.05) is 19.2 Å². The van der Waals surface area contributed by atoms with E-state index < -0.39 is 21.2 Å². The number of rotatable bonds is 9. The van der Waals surface area contributed by atoms with Gasteiger partial charge in [-0.15, -0.1) is 10.2 Å². The van der Waals surface area contributed by atoms with Gasteiger partial charge >= 0.3 is 0 Å². The van der Waals surface area contributed by atoms with Crippen LogP contribution in [-0.2, 0) is 14.8 Å². The van der Waals surface area contributed by atoms with Crippen LogP contribution in [0.3, 0.4) is 0 Å². The molecule has 4 rings (SSSR count). The standard InChI is InChI=1S/C23H28N6O6S/c1-15(22(30)28-13-5-6-14-28)36(31,32)27-23-26-25-21(16-9-7-12-19(24-16)35-4)29(23)20-17(33-2)10-8-11-18(20)34-3/h7-12,15H,5-6,13-14H2,1-4H3,(H,26,27)/t15-/m0/s1. The van der Waals surface area contributed by atoms with Crippen molar-refractivity contribution in [3.8, 4) is 34.6 Å². The van der Waals surface area contributed by atoms with Crippen molar-refractivity contribution < 1.29 is 27.4 Å². The van der Waals surface area contributed by atoms with E-state index in [4.69, 9.17) is 14.2 Å². The number of nitrogens with one attached hydrogen (secondary N) is 1. The summed E-state index contributed by atoms with van der Waals surface area (Å²) in [7, 11) is 0.250. The first-order valence-electron chi connectivity index (χ1n) is 11.3. The highest BCUT2D eigenvalue weighted by molar-refractivity contribution is 7.94. The van der Waals surface area contributed by atoms with Crippen molar-refractivity contribution in [3.05, 3.63) is 36.4 Å². The summed E-state index contributed by atoms with van der Waals surface area (Å²) in [6, 6.07) is 10.2. The quantitative estimate of drug-likeness (QED) is 0.453. The molecule has 0 spiro atoms. The molecule has 1 aliphatic rings. The summed E-state index contributed by atoms with van der Waals surface area (Å²) in [5.41, 5.74) is 0.713. The number of sulfonamides is 1. The first-order valence-corrected chi connectivity index (χ1v) is 12.8. The maximum atomic E-state index is 13.3. The first kappa shape index (κ1) is 25.2. The van der Waals surface area contributed by atoms with Crippen LogP contribution in [0.5, 0.6) is 17.4 Å². The lowest BCUT2D eigenvalue weighted by atomic mass is 10.2. The number of nitrogens with zero attached hydrogens (tertiary/aromatic N) is 5. The molecule has 3 aromatic rings. The van der Waals surface area contributed by atoms with E-state index in [2.05, 4.69) is 19.9 Å². The van der Waals surface area contributed by atoms with Gasteiger partial charge in [0.15, 0.2) is 11.1 Å². The van der Waals surface area contributed by atoms with E-state index in [-0.39, 0.29) is 11.8 Å². The number of anilines is 1. The number of carbonyl (C=O) groups excluding carboxylic acids is 1. The Morgan fingerprint density at radius 1 is 0.972 bits per heavy atom. The van der Waals surface area contributed by atoms with Crippen LogP contribution in [0, 0.1) is 0 Å². The topological polar surface area (TPSA) is 138 Å². The van der Waals surface area contributed by atoms with Gasteiger partial charge in [0.2, 0.25) is 27.8 Å². The van der Waals surface area contributed by atoms with Gasteiger partial charge in [0.25, 0.3) is 0 Å². The van der Waals surface area contributed by atoms with Crippen molar-refractivity contribution in [3.63, 3.8) is 0 Å². The molecule has 2 aromatic heterocycles. The van der Waals surface area contributed by atoms with E-state index in [9.17, 15) is 13.2 Å². The summed E-state index contributed by atoms with van der Waals surface area (Å²) in [5, 5.41) is 6.99. The van der Waals surface area contributed by atoms with Crippen LogP contribution in [0.15, 0.2) is 36.4 Å². The number of carbonyl (C=O) groups is 1. The van der Waals surface area contributed by atoms with Gasteiger partial charge in [-0.2, -0.15) is 0 Å². The minimum Gasteiger partial charge on any atom is -0.494 e. The molecule has 12 nitrogen and oxygen atoms in total. The maximum Gasteiger partial charge on any atom is 0.246 e. The second kappa shape index (κ2) is 10.4. The molecule has 0 bridgehead atoms. The third-order valence-corrected chi connectivity index (χ3v) is 7.51. The molecule has 1 aromatic carbocycles. The Hall–Kier alpha value is -3.87. The predicted molar refractivity (Wildman–Crippen MR) is 132 cm³/mol. The Morgan fingerprint density at radius 3 is 2.22 bits per heavy atom. The molecule has 0 unspecified atom stereocenters. The Labute approximate surface area is 209 Å². The number of benzene rings is 1. The minimum atomic E-state index is -4.19. The molecule has 13 heteroatoms. The summed E-state index contributed by atoms with van der Waals surface area (Å²) in [6.45, 7) is 2.44. The van der Waals surface area contributed by atoms with Gasteiger partial charge in [0.05, 0.1) is 21.3 Å². The fourth-order valence-corrected chi connectivity index (χ4v) is 4.95. The molecule has 0 saturated carbocycles. The predicted octanol–water partition coefficient (Wildman–Crippen LogP) is 2.11. The van der Waals surface area contributed by atoms with E-state index in [1.54, 1.807) is 41.3 Å². The lowest BCUT2D eigenvalue weighted by Crippen LogP contribution is -2.42. The average molecular weight is 517 g/mol. The smallest absolute Gasteiger partial charge is 0.246 e.